The molecule has 2 aromatic rings. The Hall–Kier alpha value is -2.02. The molecule has 0 unspecified atom stereocenters. The Morgan fingerprint density at radius 2 is 2.00 bits per heavy atom. The third-order valence-electron chi connectivity index (χ3n) is 3.11. The van der Waals surface area contributed by atoms with Gasteiger partial charge >= 0.3 is 0 Å². The van der Waals surface area contributed by atoms with Gasteiger partial charge in [-0.3, -0.25) is 19.4 Å². The van der Waals surface area contributed by atoms with Gasteiger partial charge < -0.3 is 4.90 Å². The van der Waals surface area contributed by atoms with Crippen LogP contribution in [0.2, 0.25) is 0 Å². The highest BCUT2D eigenvalue weighted by atomic mass is 32.1. The molecule has 106 valence electrons. The number of aromatic nitrogens is 4. The van der Waals surface area contributed by atoms with E-state index in [1.807, 2.05) is 26.0 Å². The van der Waals surface area contributed by atoms with Crippen LogP contribution in [-0.2, 0) is 11.3 Å². The molecular weight excluding hydrogens is 274 g/mol. The van der Waals surface area contributed by atoms with E-state index in [2.05, 4.69) is 15.2 Å². The monoisotopic (exact) mass is 291 g/mol. The molecule has 0 saturated heterocycles. The van der Waals surface area contributed by atoms with Crippen molar-refractivity contribution < 1.29 is 4.79 Å². The number of amides is 1. The Kier molecular flexibility index (Phi) is 4.62. The van der Waals surface area contributed by atoms with Gasteiger partial charge in [-0.1, -0.05) is 0 Å². The van der Waals surface area contributed by atoms with Crippen LogP contribution in [0, 0.1) is 4.77 Å². The summed E-state index contributed by atoms with van der Waals surface area (Å²) >= 11 is 5.21. The van der Waals surface area contributed by atoms with Gasteiger partial charge in [0, 0.05) is 31.0 Å². The lowest BCUT2D eigenvalue weighted by Gasteiger charge is -2.19. The van der Waals surface area contributed by atoms with Crippen molar-refractivity contribution in [3.63, 3.8) is 0 Å². The van der Waals surface area contributed by atoms with Crippen LogP contribution in [0.4, 0.5) is 0 Å². The van der Waals surface area contributed by atoms with Gasteiger partial charge in [-0.05, 0) is 38.2 Å². The molecule has 2 rings (SSSR count). The van der Waals surface area contributed by atoms with Crippen molar-refractivity contribution in [2.45, 2.75) is 20.4 Å². The van der Waals surface area contributed by atoms with Crippen LogP contribution in [-0.4, -0.2) is 43.6 Å². The van der Waals surface area contributed by atoms with Gasteiger partial charge in [0.05, 0.1) is 0 Å². The van der Waals surface area contributed by atoms with Crippen molar-refractivity contribution in [2.75, 3.05) is 13.1 Å². The van der Waals surface area contributed by atoms with Crippen LogP contribution >= 0.6 is 12.2 Å². The zero-order valence-electron chi connectivity index (χ0n) is 11.5. The average Bonchev–Trinajstić information content (AvgIpc) is 2.82. The first-order chi connectivity index (χ1) is 9.67. The first kappa shape index (κ1) is 14.4. The van der Waals surface area contributed by atoms with Gasteiger partial charge in [-0.25, -0.2) is 0 Å². The number of nitrogens with zero attached hydrogens (tertiary/aromatic N) is 4. The van der Waals surface area contributed by atoms with E-state index in [4.69, 9.17) is 12.2 Å². The second-order valence-corrected chi connectivity index (χ2v) is 4.63. The van der Waals surface area contributed by atoms with Crippen LogP contribution in [0.25, 0.3) is 11.4 Å². The van der Waals surface area contributed by atoms with Crippen molar-refractivity contribution >= 4 is 18.1 Å². The first-order valence-corrected chi connectivity index (χ1v) is 6.91. The van der Waals surface area contributed by atoms with Crippen LogP contribution in [0.15, 0.2) is 24.5 Å². The van der Waals surface area contributed by atoms with Gasteiger partial charge in [0.1, 0.15) is 6.54 Å². The number of pyridine rings is 1. The van der Waals surface area contributed by atoms with Gasteiger partial charge in [-0.2, -0.15) is 5.10 Å². The second-order valence-electron chi connectivity index (χ2n) is 4.24. The molecular formula is C13H17N5OS. The van der Waals surface area contributed by atoms with Gasteiger partial charge in [0.15, 0.2) is 10.6 Å². The number of carbonyl (C=O) groups excluding carboxylic acids is 1. The fraction of sp³-hybridized carbons (Fsp3) is 0.385. The van der Waals surface area contributed by atoms with E-state index >= 15 is 0 Å². The van der Waals surface area contributed by atoms with Crippen molar-refractivity contribution in [3.8, 4) is 11.4 Å². The Labute approximate surface area is 122 Å². The minimum Gasteiger partial charge on any atom is -0.342 e. The molecule has 2 aromatic heterocycles. The minimum absolute atomic E-state index is 0.0304. The third-order valence-corrected chi connectivity index (χ3v) is 3.42. The van der Waals surface area contributed by atoms with Crippen LogP contribution in [0.5, 0.6) is 0 Å². The highest BCUT2D eigenvalue weighted by Gasteiger charge is 2.15. The lowest BCUT2D eigenvalue weighted by Crippen LogP contribution is -2.33. The Morgan fingerprint density at radius 3 is 2.60 bits per heavy atom. The highest BCUT2D eigenvalue weighted by Crippen LogP contribution is 2.16. The Bertz CT molecular complexity index is 630. The quantitative estimate of drug-likeness (QED) is 0.854. The highest BCUT2D eigenvalue weighted by molar-refractivity contribution is 7.71. The molecule has 0 bridgehead atoms. The second kappa shape index (κ2) is 6.42. The summed E-state index contributed by atoms with van der Waals surface area (Å²) in [6.45, 7) is 5.48. The molecule has 7 heteroatoms. The summed E-state index contributed by atoms with van der Waals surface area (Å²) in [7, 11) is 0. The predicted octanol–water partition coefficient (Wildman–Crippen LogP) is 1.87. The number of likely N-dealkylation sites (N-methyl/N-ethyl adjacent to an activating group) is 1. The summed E-state index contributed by atoms with van der Waals surface area (Å²) in [6, 6.07) is 3.67. The molecule has 1 amide bonds. The molecule has 0 aliphatic heterocycles. The van der Waals surface area contributed by atoms with Crippen LogP contribution < -0.4 is 0 Å². The molecule has 0 fully saturated rings. The zero-order chi connectivity index (χ0) is 14.5. The molecule has 0 aromatic carbocycles. The average molecular weight is 291 g/mol. The zero-order valence-corrected chi connectivity index (χ0v) is 12.4. The number of H-pyrrole nitrogens is 1. The number of nitrogens with one attached hydrogen (secondary N) is 1. The van der Waals surface area contributed by atoms with Gasteiger partial charge in [0.2, 0.25) is 5.91 Å². The maximum Gasteiger partial charge on any atom is 0.242 e. The Morgan fingerprint density at radius 1 is 1.35 bits per heavy atom. The fourth-order valence-electron chi connectivity index (χ4n) is 2.00. The van der Waals surface area contributed by atoms with Crippen molar-refractivity contribution in [2.24, 2.45) is 0 Å². The van der Waals surface area contributed by atoms with Crippen LogP contribution in [0.1, 0.15) is 13.8 Å². The molecule has 0 atom stereocenters. The number of rotatable bonds is 5. The molecule has 0 aliphatic carbocycles. The van der Waals surface area contributed by atoms with E-state index in [1.54, 1.807) is 21.9 Å². The number of carbonyl (C=O) groups is 1. The normalized spacial score (nSPS) is 10.5. The molecule has 0 radical (unpaired) electrons. The maximum atomic E-state index is 12.2. The van der Waals surface area contributed by atoms with Crippen molar-refractivity contribution in [1.29, 1.82) is 0 Å². The predicted molar refractivity (Wildman–Crippen MR) is 78.6 cm³/mol. The largest absolute Gasteiger partial charge is 0.342 e. The van der Waals surface area contributed by atoms with E-state index in [0.717, 1.165) is 5.56 Å². The van der Waals surface area contributed by atoms with E-state index < -0.39 is 0 Å². The summed E-state index contributed by atoms with van der Waals surface area (Å²) in [4.78, 5) is 18.0. The first-order valence-electron chi connectivity index (χ1n) is 6.50. The molecule has 0 aliphatic rings. The summed E-state index contributed by atoms with van der Waals surface area (Å²) in [6.07, 6.45) is 3.37. The lowest BCUT2D eigenvalue weighted by molar-refractivity contribution is -0.131. The number of hydrogen-bond acceptors (Lipinski definition) is 4. The molecule has 0 spiro atoms. The topological polar surface area (TPSA) is 66.8 Å². The number of hydrogen-bond donors (Lipinski definition) is 1. The number of aromatic amines is 1. The molecule has 6 nitrogen and oxygen atoms in total. The fourth-order valence-corrected chi connectivity index (χ4v) is 2.19. The molecule has 0 saturated carbocycles. The molecule has 20 heavy (non-hydrogen) atoms. The van der Waals surface area contributed by atoms with Crippen LogP contribution in [0.3, 0.4) is 0 Å². The lowest BCUT2D eigenvalue weighted by atomic mass is 10.2. The van der Waals surface area contributed by atoms with E-state index in [9.17, 15) is 4.79 Å². The Balaban J connectivity index is 2.31. The maximum absolute atomic E-state index is 12.2. The van der Waals surface area contributed by atoms with Gasteiger partial charge in [0.25, 0.3) is 0 Å². The minimum atomic E-state index is 0.0304. The summed E-state index contributed by atoms with van der Waals surface area (Å²) < 4.78 is 2.16. The van der Waals surface area contributed by atoms with E-state index in [1.165, 1.54) is 0 Å². The van der Waals surface area contributed by atoms with Crippen molar-refractivity contribution in [3.05, 3.63) is 29.3 Å². The molecule has 2 heterocycles. The standard InChI is InChI=1S/C13H17N5OS/c1-3-17(4-2)11(19)9-18-12(15-16-13(18)20)10-5-7-14-8-6-10/h5-8H,3-4,9H2,1-2H3,(H,16,20). The third kappa shape index (κ3) is 2.93. The van der Waals surface area contributed by atoms with E-state index in [-0.39, 0.29) is 12.5 Å². The van der Waals surface area contributed by atoms with Gasteiger partial charge in [-0.15, -0.1) is 0 Å². The summed E-state index contributed by atoms with van der Waals surface area (Å²) in [5, 5.41) is 6.94. The SMILES string of the molecule is CCN(CC)C(=O)Cn1c(-c2ccncc2)n[nH]c1=S. The molecule has 1 N–H and O–H groups in total. The smallest absolute Gasteiger partial charge is 0.242 e. The summed E-state index contributed by atoms with van der Waals surface area (Å²) in [5.41, 5.74) is 0.875. The van der Waals surface area contributed by atoms with E-state index in [0.29, 0.717) is 23.7 Å². The summed E-state index contributed by atoms with van der Waals surface area (Å²) in [5.74, 6) is 0.681. The van der Waals surface area contributed by atoms with Crippen molar-refractivity contribution in [1.82, 2.24) is 24.6 Å².